The van der Waals surface area contributed by atoms with Gasteiger partial charge >= 0.3 is 6.03 Å². The summed E-state index contributed by atoms with van der Waals surface area (Å²) in [6.07, 6.45) is 3.67. The van der Waals surface area contributed by atoms with Gasteiger partial charge in [-0.25, -0.2) is 10.2 Å². The van der Waals surface area contributed by atoms with Crippen molar-refractivity contribution in [3.8, 4) is 0 Å². The Morgan fingerprint density at radius 3 is 2.81 bits per heavy atom. The summed E-state index contributed by atoms with van der Waals surface area (Å²) in [5.41, 5.74) is 5.53. The summed E-state index contributed by atoms with van der Waals surface area (Å²) in [4.78, 5) is 11.6. The summed E-state index contributed by atoms with van der Waals surface area (Å²) in [6, 6.07) is 15.5. The molecule has 2 amide bonds. The zero-order valence-corrected chi connectivity index (χ0v) is 15.8. The lowest BCUT2D eigenvalue weighted by molar-refractivity contribution is 0.247. The Labute approximate surface area is 161 Å². The fourth-order valence-corrected chi connectivity index (χ4v) is 3.16. The van der Waals surface area contributed by atoms with Crippen LogP contribution in [0.2, 0.25) is 5.02 Å². The van der Waals surface area contributed by atoms with E-state index in [1.807, 2.05) is 55.6 Å². The molecule has 0 atom stereocenters. The highest BCUT2D eigenvalue weighted by molar-refractivity contribution is 7.97. The van der Waals surface area contributed by atoms with Gasteiger partial charge in [-0.1, -0.05) is 54.9 Å². The maximum atomic E-state index is 11.6. The molecule has 1 heterocycles. The molecule has 2 aromatic carbocycles. The molecule has 0 unspecified atom stereocenters. The van der Waals surface area contributed by atoms with Crippen LogP contribution in [0.25, 0.3) is 10.9 Å². The third-order valence-electron chi connectivity index (χ3n) is 3.80. The van der Waals surface area contributed by atoms with Crippen LogP contribution in [-0.2, 0) is 6.54 Å². The number of rotatable bonds is 6. The van der Waals surface area contributed by atoms with Gasteiger partial charge in [0.15, 0.2) is 0 Å². The van der Waals surface area contributed by atoms with Gasteiger partial charge in [-0.2, -0.15) is 5.10 Å². The zero-order valence-electron chi connectivity index (χ0n) is 14.3. The van der Waals surface area contributed by atoms with E-state index in [1.54, 1.807) is 6.21 Å². The lowest BCUT2D eigenvalue weighted by Crippen LogP contribution is -2.27. The number of aromatic nitrogens is 1. The van der Waals surface area contributed by atoms with Crippen molar-refractivity contribution in [2.24, 2.45) is 5.10 Å². The van der Waals surface area contributed by atoms with E-state index < -0.39 is 0 Å². The predicted octanol–water partition coefficient (Wildman–Crippen LogP) is 4.64. The minimum Gasteiger partial charge on any atom is -0.342 e. The van der Waals surface area contributed by atoms with E-state index in [-0.39, 0.29) is 6.03 Å². The Kier molecular flexibility index (Phi) is 6.20. The topological polar surface area (TPSA) is 58.4 Å². The second-order valence-electron chi connectivity index (χ2n) is 5.56. The molecule has 2 N–H and O–H groups in total. The minimum atomic E-state index is -0.340. The van der Waals surface area contributed by atoms with Gasteiger partial charge in [0.2, 0.25) is 0 Å². The average Bonchev–Trinajstić information content (AvgIpc) is 3.00. The van der Waals surface area contributed by atoms with Crippen LogP contribution in [0.1, 0.15) is 18.1 Å². The standard InChI is InChI=1S/C19H19ClN4OS/c1-2-26-23-19(25)22-21-11-15-13-24(18-10-6-4-8-16(15)18)12-14-7-3-5-9-17(14)20/h3-11,13H,2,12H2,1H3,(H2,22,23,25)/b21-11+. The molecule has 0 fully saturated rings. The van der Waals surface area contributed by atoms with Crippen molar-refractivity contribution >= 4 is 46.7 Å². The Balaban J connectivity index is 1.83. The average molecular weight is 387 g/mol. The largest absolute Gasteiger partial charge is 0.345 e. The Morgan fingerprint density at radius 1 is 1.23 bits per heavy atom. The second-order valence-corrected chi connectivity index (χ2v) is 7.03. The van der Waals surface area contributed by atoms with Crippen molar-refractivity contribution in [2.45, 2.75) is 13.5 Å². The number of amides is 2. The molecule has 0 aliphatic heterocycles. The number of halogens is 1. The molecule has 3 rings (SSSR count). The Hall–Kier alpha value is -2.44. The van der Waals surface area contributed by atoms with E-state index in [0.29, 0.717) is 6.54 Å². The van der Waals surface area contributed by atoms with Crippen molar-refractivity contribution in [1.82, 2.24) is 14.7 Å². The van der Waals surface area contributed by atoms with Crippen LogP contribution >= 0.6 is 23.5 Å². The SMILES string of the molecule is CCSNC(=O)N/N=C/c1cn(Cc2ccccc2Cl)c2ccccc12. The van der Waals surface area contributed by atoms with Crippen LogP contribution in [0.15, 0.2) is 59.8 Å². The molecular formula is C19H19ClN4OS. The molecule has 0 spiro atoms. The second kappa shape index (κ2) is 8.78. The van der Waals surface area contributed by atoms with Crippen LogP contribution in [-0.4, -0.2) is 22.6 Å². The summed E-state index contributed by atoms with van der Waals surface area (Å²) in [5, 5.41) is 5.85. The number of nitrogens with one attached hydrogen (secondary N) is 2. The van der Waals surface area contributed by atoms with Gasteiger partial charge in [0.1, 0.15) is 0 Å². The third-order valence-corrected chi connectivity index (χ3v) is 4.78. The van der Waals surface area contributed by atoms with Gasteiger partial charge < -0.3 is 4.57 Å². The molecule has 134 valence electrons. The van der Waals surface area contributed by atoms with Crippen LogP contribution in [0, 0.1) is 0 Å². The summed E-state index contributed by atoms with van der Waals surface area (Å²) in [6.45, 7) is 2.62. The van der Waals surface area contributed by atoms with Crippen LogP contribution in [0.4, 0.5) is 4.79 Å². The van der Waals surface area contributed by atoms with Crippen molar-refractivity contribution in [3.63, 3.8) is 0 Å². The number of benzene rings is 2. The highest BCUT2D eigenvalue weighted by Crippen LogP contribution is 2.23. The quantitative estimate of drug-likeness (QED) is 0.368. The predicted molar refractivity (Wildman–Crippen MR) is 110 cm³/mol. The smallest absolute Gasteiger partial charge is 0.342 e. The van der Waals surface area contributed by atoms with E-state index in [1.165, 1.54) is 11.9 Å². The first kappa shape index (κ1) is 18.4. The highest BCUT2D eigenvalue weighted by Gasteiger charge is 2.08. The first-order valence-corrected chi connectivity index (χ1v) is 9.57. The normalized spacial score (nSPS) is 11.2. The molecule has 5 nitrogen and oxygen atoms in total. The molecular weight excluding hydrogens is 368 g/mol. The van der Waals surface area contributed by atoms with Gasteiger partial charge in [0.05, 0.1) is 6.21 Å². The van der Waals surface area contributed by atoms with Gasteiger partial charge in [-0.3, -0.25) is 4.72 Å². The number of carbonyl (C=O) groups is 1. The first-order chi connectivity index (χ1) is 12.7. The lowest BCUT2D eigenvalue weighted by Gasteiger charge is -2.07. The number of nitrogens with zero attached hydrogens (tertiary/aromatic N) is 2. The third kappa shape index (κ3) is 4.39. The van der Waals surface area contributed by atoms with E-state index in [4.69, 9.17) is 11.6 Å². The molecule has 7 heteroatoms. The van der Waals surface area contributed by atoms with Crippen LogP contribution in [0.5, 0.6) is 0 Å². The van der Waals surface area contributed by atoms with Gasteiger partial charge in [0, 0.05) is 40.0 Å². The van der Waals surface area contributed by atoms with Gasteiger partial charge in [0.25, 0.3) is 0 Å². The van der Waals surface area contributed by atoms with E-state index in [2.05, 4.69) is 25.9 Å². The Morgan fingerprint density at radius 2 is 2.00 bits per heavy atom. The molecule has 0 radical (unpaired) electrons. The summed E-state index contributed by atoms with van der Waals surface area (Å²) in [5.74, 6) is 0.798. The number of para-hydroxylation sites is 1. The number of hydrogen-bond donors (Lipinski definition) is 2. The molecule has 1 aromatic heterocycles. The molecule has 0 bridgehead atoms. The van der Waals surface area contributed by atoms with Crippen LogP contribution < -0.4 is 10.1 Å². The first-order valence-electron chi connectivity index (χ1n) is 8.21. The van der Waals surface area contributed by atoms with Gasteiger partial charge in [-0.05, 0) is 29.6 Å². The highest BCUT2D eigenvalue weighted by atomic mass is 35.5. The molecule has 26 heavy (non-hydrogen) atoms. The summed E-state index contributed by atoms with van der Waals surface area (Å²) < 4.78 is 4.76. The zero-order chi connectivity index (χ0) is 18.4. The Bertz CT molecular complexity index is 938. The fourth-order valence-electron chi connectivity index (χ4n) is 2.64. The monoisotopic (exact) mass is 386 g/mol. The fraction of sp³-hybridized carbons (Fsp3) is 0.158. The van der Waals surface area contributed by atoms with Crippen molar-refractivity contribution in [1.29, 1.82) is 0 Å². The molecule has 0 aliphatic rings. The van der Waals surface area contributed by atoms with Crippen molar-refractivity contribution in [2.75, 3.05) is 5.75 Å². The molecule has 0 saturated carbocycles. The van der Waals surface area contributed by atoms with E-state index in [9.17, 15) is 4.79 Å². The number of hydrogen-bond acceptors (Lipinski definition) is 3. The summed E-state index contributed by atoms with van der Waals surface area (Å²) >= 11 is 7.62. The molecule has 3 aromatic rings. The number of fused-ring (bicyclic) bond motifs is 1. The lowest BCUT2D eigenvalue weighted by atomic mass is 10.2. The van der Waals surface area contributed by atoms with Crippen LogP contribution in [0.3, 0.4) is 0 Å². The summed E-state index contributed by atoms with van der Waals surface area (Å²) in [7, 11) is 0. The molecule has 0 saturated heterocycles. The minimum absolute atomic E-state index is 0.340. The maximum Gasteiger partial charge on any atom is 0.345 e. The van der Waals surface area contributed by atoms with Crippen molar-refractivity contribution in [3.05, 3.63) is 70.9 Å². The maximum absolute atomic E-state index is 11.6. The van der Waals surface area contributed by atoms with E-state index in [0.717, 1.165) is 32.8 Å². The van der Waals surface area contributed by atoms with E-state index >= 15 is 0 Å². The van der Waals surface area contributed by atoms with Gasteiger partial charge in [-0.15, -0.1) is 0 Å². The van der Waals surface area contributed by atoms with Crippen molar-refractivity contribution < 1.29 is 4.79 Å². The number of hydrazone groups is 1. The number of urea groups is 1. The molecule has 0 aliphatic carbocycles. The number of carbonyl (C=O) groups excluding carboxylic acids is 1.